The molecular weight excluding hydrogens is 462 g/mol. The van der Waals surface area contributed by atoms with E-state index in [0.29, 0.717) is 28.2 Å². The highest BCUT2D eigenvalue weighted by Crippen LogP contribution is 2.38. The number of nitro groups is 1. The number of phenols is 2. The Bertz CT molecular complexity index is 1550. The van der Waals surface area contributed by atoms with Crippen LogP contribution < -0.4 is 0 Å². The zero-order valence-electron chi connectivity index (χ0n) is 18.3. The van der Waals surface area contributed by atoms with Gasteiger partial charge in [-0.05, 0) is 53.9 Å². The molecule has 0 aliphatic rings. The van der Waals surface area contributed by atoms with Crippen LogP contribution in [0.5, 0.6) is 11.5 Å². The molecule has 8 heteroatoms. The van der Waals surface area contributed by atoms with Gasteiger partial charge in [0.1, 0.15) is 10.8 Å². The Labute approximate surface area is 204 Å². The Morgan fingerprint density at radius 1 is 0.943 bits per heavy atom. The van der Waals surface area contributed by atoms with Crippen molar-refractivity contribution in [3.63, 3.8) is 0 Å². The van der Waals surface area contributed by atoms with Gasteiger partial charge in [0, 0.05) is 17.8 Å². The van der Waals surface area contributed by atoms with Gasteiger partial charge in [-0.1, -0.05) is 42.5 Å². The summed E-state index contributed by atoms with van der Waals surface area (Å²) in [5.41, 5.74) is 3.42. The third kappa shape index (κ3) is 4.73. The van der Waals surface area contributed by atoms with E-state index in [9.17, 15) is 20.3 Å². The van der Waals surface area contributed by atoms with Crippen LogP contribution in [0.2, 0.25) is 0 Å². The molecule has 35 heavy (non-hydrogen) atoms. The number of benzene rings is 4. The Hall–Kier alpha value is -4.56. The van der Waals surface area contributed by atoms with Crippen LogP contribution in [0.4, 0.5) is 11.4 Å². The molecule has 0 radical (unpaired) electrons. The fourth-order valence-electron chi connectivity index (χ4n) is 3.78. The molecule has 1 aromatic heterocycles. The number of thiazole rings is 1. The second kappa shape index (κ2) is 9.36. The maximum Gasteiger partial charge on any atom is 0.311 e. The van der Waals surface area contributed by atoms with Gasteiger partial charge in [0.05, 0.1) is 26.4 Å². The molecule has 0 aliphatic heterocycles. The summed E-state index contributed by atoms with van der Waals surface area (Å²) in [7, 11) is 0. The van der Waals surface area contributed by atoms with Gasteiger partial charge in [-0.25, -0.2) is 4.98 Å². The normalized spacial score (nSPS) is 11.3. The van der Waals surface area contributed by atoms with E-state index in [1.807, 2.05) is 54.6 Å². The summed E-state index contributed by atoms with van der Waals surface area (Å²) in [6.45, 7) is 0. The SMILES string of the molecule is O=[N+]([O-])c1cc(Cc2ccccc2)cc(C=Nc2ccc(O)c(-c3nc4ccccc4s3)c2)c1O. The van der Waals surface area contributed by atoms with Crippen molar-refractivity contribution in [3.8, 4) is 22.1 Å². The summed E-state index contributed by atoms with van der Waals surface area (Å²) in [5.74, 6) is -0.368. The average molecular weight is 482 g/mol. The molecule has 5 rings (SSSR count). The average Bonchev–Trinajstić information content (AvgIpc) is 3.29. The maximum absolute atomic E-state index is 11.5. The lowest BCUT2D eigenvalue weighted by Gasteiger charge is -2.07. The lowest BCUT2D eigenvalue weighted by atomic mass is 10.0. The minimum absolute atomic E-state index is 0.0753. The Balaban J connectivity index is 1.50. The number of nitro benzene ring substituents is 1. The van der Waals surface area contributed by atoms with Gasteiger partial charge in [-0.3, -0.25) is 15.1 Å². The number of aromatic hydroxyl groups is 2. The highest BCUT2D eigenvalue weighted by Gasteiger charge is 2.19. The lowest BCUT2D eigenvalue weighted by Crippen LogP contribution is -1.97. The molecular formula is C27H19N3O4S. The van der Waals surface area contributed by atoms with Crippen molar-refractivity contribution < 1.29 is 15.1 Å². The van der Waals surface area contributed by atoms with Crippen LogP contribution >= 0.6 is 11.3 Å². The molecule has 5 aromatic rings. The molecule has 0 amide bonds. The van der Waals surface area contributed by atoms with Gasteiger partial charge in [0.15, 0.2) is 0 Å². The third-order valence-corrected chi connectivity index (χ3v) is 6.55. The van der Waals surface area contributed by atoms with Crippen molar-refractivity contribution in [1.29, 1.82) is 0 Å². The number of rotatable bonds is 6. The molecule has 0 spiro atoms. The van der Waals surface area contributed by atoms with E-state index in [0.717, 1.165) is 15.8 Å². The number of phenolic OH excluding ortho intramolecular Hbond substituents is 2. The summed E-state index contributed by atoms with van der Waals surface area (Å²) in [5, 5.41) is 33.1. The third-order valence-electron chi connectivity index (χ3n) is 5.48. The first-order valence-corrected chi connectivity index (χ1v) is 11.6. The van der Waals surface area contributed by atoms with Crippen LogP contribution in [0.1, 0.15) is 16.7 Å². The topological polar surface area (TPSA) is 109 Å². The van der Waals surface area contributed by atoms with E-state index in [-0.39, 0.29) is 17.0 Å². The van der Waals surface area contributed by atoms with Crippen molar-refractivity contribution >= 4 is 39.1 Å². The minimum Gasteiger partial charge on any atom is -0.507 e. The van der Waals surface area contributed by atoms with Crippen LogP contribution in [0.25, 0.3) is 20.8 Å². The largest absolute Gasteiger partial charge is 0.507 e. The van der Waals surface area contributed by atoms with E-state index in [1.54, 1.807) is 18.2 Å². The Morgan fingerprint density at radius 3 is 2.49 bits per heavy atom. The second-order valence-electron chi connectivity index (χ2n) is 7.92. The lowest BCUT2D eigenvalue weighted by molar-refractivity contribution is -0.385. The fraction of sp³-hybridized carbons (Fsp3) is 0.0370. The summed E-state index contributed by atoms with van der Waals surface area (Å²) in [4.78, 5) is 19.9. The molecule has 2 N–H and O–H groups in total. The van der Waals surface area contributed by atoms with Crippen molar-refractivity contribution in [2.24, 2.45) is 4.99 Å². The van der Waals surface area contributed by atoms with Gasteiger partial charge in [-0.15, -0.1) is 11.3 Å². The van der Waals surface area contributed by atoms with Crippen LogP contribution in [-0.2, 0) is 6.42 Å². The number of nitrogens with zero attached hydrogens (tertiary/aromatic N) is 3. The summed E-state index contributed by atoms with van der Waals surface area (Å²) < 4.78 is 1.00. The van der Waals surface area contributed by atoms with Crippen molar-refractivity contribution in [2.45, 2.75) is 6.42 Å². The summed E-state index contributed by atoms with van der Waals surface area (Å²) in [6, 6.07) is 25.2. The minimum atomic E-state index is -0.604. The molecule has 0 atom stereocenters. The van der Waals surface area contributed by atoms with Crippen LogP contribution in [0.15, 0.2) is 89.9 Å². The molecule has 1 heterocycles. The van der Waals surface area contributed by atoms with Crippen LogP contribution in [-0.4, -0.2) is 26.3 Å². The standard InChI is InChI=1S/C27H19N3O4S/c31-24-11-10-20(15-21(24)27-29-22-8-4-5-9-25(22)35-27)28-16-19-13-18(12-17-6-2-1-3-7-17)14-23(26(19)32)30(33)34/h1-11,13-16,31-32H,12H2. The van der Waals surface area contributed by atoms with Crippen LogP contribution in [0, 0.1) is 10.1 Å². The summed E-state index contributed by atoms with van der Waals surface area (Å²) >= 11 is 1.46. The molecule has 0 saturated carbocycles. The zero-order valence-corrected chi connectivity index (χ0v) is 19.1. The molecule has 0 saturated heterocycles. The first-order chi connectivity index (χ1) is 17.0. The fourth-order valence-corrected chi connectivity index (χ4v) is 4.77. The van der Waals surface area contributed by atoms with E-state index in [1.165, 1.54) is 29.7 Å². The number of hydrogen-bond donors (Lipinski definition) is 2. The molecule has 7 nitrogen and oxygen atoms in total. The zero-order chi connectivity index (χ0) is 24.4. The highest BCUT2D eigenvalue weighted by atomic mass is 32.1. The maximum atomic E-state index is 11.5. The molecule has 0 bridgehead atoms. The predicted octanol–water partition coefficient (Wildman–Crippen LogP) is 6.62. The number of hydrogen-bond acceptors (Lipinski definition) is 7. The highest BCUT2D eigenvalue weighted by molar-refractivity contribution is 7.21. The van der Waals surface area contributed by atoms with Crippen molar-refractivity contribution in [2.75, 3.05) is 0 Å². The monoisotopic (exact) mass is 481 g/mol. The predicted molar refractivity (Wildman–Crippen MR) is 138 cm³/mol. The molecule has 4 aromatic carbocycles. The molecule has 172 valence electrons. The van der Waals surface area contributed by atoms with Gasteiger partial charge in [-0.2, -0.15) is 0 Å². The first kappa shape index (κ1) is 22.2. The first-order valence-electron chi connectivity index (χ1n) is 10.7. The van der Waals surface area contributed by atoms with Gasteiger partial charge >= 0.3 is 5.69 Å². The number of aromatic nitrogens is 1. The van der Waals surface area contributed by atoms with E-state index < -0.39 is 10.7 Å². The number of para-hydroxylation sites is 1. The quantitative estimate of drug-likeness (QED) is 0.161. The van der Waals surface area contributed by atoms with Crippen molar-refractivity contribution in [3.05, 3.63) is 112 Å². The second-order valence-corrected chi connectivity index (χ2v) is 8.95. The smallest absolute Gasteiger partial charge is 0.311 e. The van der Waals surface area contributed by atoms with Crippen LogP contribution in [0.3, 0.4) is 0 Å². The molecule has 0 fully saturated rings. The number of aliphatic imine (C=N–C) groups is 1. The van der Waals surface area contributed by atoms with E-state index in [4.69, 9.17) is 0 Å². The Kier molecular flexibility index (Phi) is 5.95. The van der Waals surface area contributed by atoms with E-state index >= 15 is 0 Å². The van der Waals surface area contributed by atoms with Crippen molar-refractivity contribution in [1.82, 2.24) is 4.98 Å². The molecule has 0 unspecified atom stereocenters. The van der Waals surface area contributed by atoms with Gasteiger partial charge in [0.2, 0.25) is 5.75 Å². The summed E-state index contributed by atoms with van der Waals surface area (Å²) in [6.07, 6.45) is 1.87. The number of fused-ring (bicyclic) bond motifs is 1. The molecule has 0 aliphatic carbocycles. The Morgan fingerprint density at radius 2 is 1.71 bits per heavy atom. The van der Waals surface area contributed by atoms with E-state index in [2.05, 4.69) is 9.98 Å². The van der Waals surface area contributed by atoms with Gasteiger partial charge in [0.25, 0.3) is 0 Å². The van der Waals surface area contributed by atoms with Gasteiger partial charge < -0.3 is 10.2 Å².